The number of thiocarbonyl (C=S) groups is 1. The van der Waals surface area contributed by atoms with Crippen molar-refractivity contribution in [3.63, 3.8) is 0 Å². The number of anilines is 1. The van der Waals surface area contributed by atoms with Crippen LogP contribution in [0, 0.1) is 13.8 Å². The lowest BCUT2D eigenvalue weighted by Crippen LogP contribution is -2.34. The maximum atomic E-state index is 12.5. The van der Waals surface area contributed by atoms with Crippen LogP contribution in [-0.4, -0.2) is 17.6 Å². The number of amides is 1. The Balaban J connectivity index is 2.01. The number of unbranched alkanes of at least 4 members (excludes halogenated alkanes) is 1. The van der Waals surface area contributed by atoms with Crippen LogP contribution < -0.4 is 15.4 Å². The zero-order valence-corrected chi connectivity index (χ0v) is 15.7. The van der Waals surface area contributed by atoms with E-state index in [2.05, 4.69) is 24.5 Å². The van der Waals surface area contributed by atoms with Crippen molar-refractivity contribution in [3.8, 4) is 5.75 Å². The molecule has 0 heterocycles. The number of carbonyl (C=O) groups excluding carboxylic acids is 1. The molecule has 0 saturated carbocycles. The summed E-state index contributed by atoms with van der Waals surface area (Å²) >= 11 is 5.25. The predicted molar refractivity (Wildman–Crippen MR) is 106 cm³/mol. The Morgan fingerprint density at radius 1 is 1.12 bits per heavy atom. The first-order valence-electron chi connectivity index (χ1n) is 8.42. The van der Waals surface area contributed by atoms with Gasteiger partial charge in [-0.25, -0.2) is 0 Å². The lowest BCUT2D eigenvalue weighted by atomic mass is 10.1. The first-order chi connectivity index (χ1) is 12.0. The quantitative estimate of drug-likeness (QED) is 0.586. The molecule has 25 heavy (non-hydrogen) atoms. The standard InChI is InChI=1S/C20H24N2O2S/c1-4-5-12-24-18-9-7-6-8-17(18)19(23)22-20(25)21-16-11-10-14(2)15(3)13-16/h6-11,13H,4-5,12H2,1-3H3,(H2,21,22,23,25). The summed E-state index contributed by atoms with van der Waals surface area (Å²) in [5.74, 6) is 0.288. The van der Waals surface area contributed by atoms with E-state index in [0.717, 1.165) is 24.1 Å². The highest BCUT2D eigenvalue weighted by Crippen LogP contribution is 2.18. The molecule has 2 aromatic rings. The van der Waals surface area contributed by atoms with E-state index in [1.165, 1.54) is 5.56 Å². The summed E-state index contributed by atoms with van der Waals surface area (Å²) in [7, 11) is 0. The monoisotopic (exact) mass is 356 g/mol. The van der Waals surface area contributed by atoms with Crippen molar-refractivity contribution in [2.24, 2.45) is 0 Å². The van der Waals surface area contributed by atoms with Gasteiger partial charge in [-0.3, -0.25) is 10.1 Å². The maximum Gasteiger partial charge on any atom is 0.261 e. The molecule has 2 rings (SSSR count). The third-order valence-electron chi connectivity index (χ3n) is 3.88. The summed E-state index contributed by atoms with van der Waals surface area (Å²) in [6, 6.07) is 13.1. The second kappa shape index (κ2) is 9.18. The molecule has 0 atom stereocenters. The molecule has 0 aliphatic carbocycles. The number of aryl methyl sites for hydroxylation is 2. The van der Waals surface area contributed by atoms with Gasteiger partial charge >= 0.3 is 0 Å². The topological polar surface area (TPSA) is 50.4 Å². The highest BCUT2D eigenvalue weighted by atomic mass is 32.1. The van der Waals surface area contributed by atoms with E-state index in [1.807, 2.05) is 31.2 Å². The van der Waals surface area contributed by atoms with Crippen LogP contribution >= 0.6 is 12.2 Å². The SMILES string of the molecule is CCCCOc1ccccc1C(=O)NC(=S)Nc1ccc(C)c(C)c1. The molecule has 0 fully saturated rings. The largest absolute Gasteiger partial charge is 0.493 e. The Kier molecular flexibility index (Phi) is 6.95. The molecule has 0 bridgehead atoms. The smallest absolute Gasteiger partial charge is 0.261 e. The van der Waals surface area contributed by atoms with Crippen molar-refractivity contribution in [2.75, 3.05) is 11.9 Å². The highest BCUT2D eigenvalue weighted by molar-refractivity contribution is 7.80. The summed E-state index contributed by atoms with van der Waals surface area (Å²) in [5, 5.41) is 6.01. The molecular weight excluding hydrogens is 332 g/mol. The minimum atomic E-state index is -0.284. The van der Waals surface area contributed by atoms with Crippen molar-refractivity contribution in [1.82, 2.24) is 5.32 Å². The van der Waals surface area contributed by atoms with Crippen molar-refractivity contribution in [1.29, 1.82) is 0 Å². The number of nitrogens with one attached hydrogen (secondary N) is 2. The van der Waals surface area contributed by atoms with Gasteiger partial charge in [-0.15, -0.1) is 0 Å². The average Bonchev–Trinajstić information content (AvgIpc) is 2.58. The van der Waals surface area contributed by atoms with Gasteiger partial charge in [0.1, 0.15) is 5.75 Å². The van der Waals surface area contributed by atoms with Crippen LogP contribution in [0.15, 0.2) is 42.5 Å². The molecule has 0 radical (unpaired) electrons. The molecule has 0 spiro atoms. The zero-order valence-electron chi connectivity index (χ0n) is 14.9. The number of ether oxygens (including phenoxy) is 1. The molecule has 0 aliphatic heterocycles. The molecule has 0 unspecified atom stereocenters. The van der Waals surface area contributed by atoms with E-state index < -0.39 is 0 Å². The minimum absolute atomic E-state index is 0.261. The van der Waals surface area contributed by atoms with Crippen LogP contribution in [0.4, 0.5) is 5.69 Å². The van der Waals surface area contributed by atoms with Gasteiger partial charge in [0.15, 0.2) is 5.11 Å². The van der Waals surface area contributed by atoms with Crippen LogP contribution in [-0.2, 0) is 0 Å². The van der Waals surface area contributed by atoms with Gasteiger partial charge in [-0.2, -0.15) is 0 Å². The van der Waals surface area contributed by atoms with Crippen LogP contribution in [0.3, 0.4) is 0 Å². The highest BCUT2D eigenvalue weighted by Gasteiger charge is 2.13. The van der Waals surface area contributed by atoms with E-state index in [-0.39, 0.29) is 11.0 Å². The fraction of sp³-hybridized carbons (Fsp3) is 0.300. The van der Waals surface area contributed by atoms with Crippen LogP contribution in [0.5, 0.6) is 5.75 Å². The minimum Gasteiger partial charge on any atom is -0.493 e. The first-order valence-corrected chi connectivity index (χ1v) is 8.83. The molecule has 0 aliphatic rings. The second-order valence-corrected chi connectivity index (χ2v) is 6.31. The Hall–Kier alpha value is -2.40. The molecular formula is C20H24N2O2S. The first kappa shape index (κ1) is 18.9. The molecule has 1 amide bonds. The van der Waals surface area contributed by atoms with Gasteiger partial charge < -0.3 is 10.1 Å². The molecule has 132 valence electrons. The third kappa shape index (κ3) is 5.57. The van der Waals surface area contributed by atoms with E-state index in [1.54, 1.807) is 18.2 Å². The van der Waals surface area contributed by atoms with Gasteiger partial charge in [0.25, 0.3) is 5.91 Å². The Morgan fingerprint density at radius 3 is 2.60 bits per heavy atom. The lowest BCUT2D eigenvalue weighted by Gasteiger charge is -2.13. The van der Waals surface area contributed by atoms with Crippen LogP contribution in [0.2, 0.25) is 0 Å². The Labute approximate surface area is 154 Å². The molecule has 0 aromatic heterocycles. The second-order valence-electron chi connectivity index (χ2n) is 5.91. The molecule has 0 saturated heterocycles. The number of hydrogen-bond acceptors (Lipinski definition) is 3. The van der Waals surface area contributed by atoms with Crippen molar-refractivity contribution in [2.45, 2.75) is 33.6 Å². The van der Waals surface area contributed by atoms with E-state index in [9.17, 15) is 4.79 Å². The van der Waals surface area contributed by atoms with Gasteiger partial charge in [0.05, 0.1) is 12.2 Å². The summed E-state index contributed by atoms with van der Waals surface area (Å²) in [5.41, 5.74) is 3.69. The fourth-order valence-electron chi connectivity index (χ4n) is 2.26. The van der Waals surface area contributed by atoms with Crippen LogP contribution in [0.1, 0.15) is 41.3 Å². The van der Waals surface area contributed by atoms with Gasteiger partial charge in [-0.1, -0.05) is 31.5 Å². The summed E-state index contributed by atoms with van der Waals surface area (Å²) < 4.78 is 5.70. The zero-order chi connectivity index (χ0) is 18.2. The van der Waals surface area contributed by atoms with E-state index >= 15 is 0 Å². The number of hydrogen-bond donors (Lipinski definition) is 2. The molecule has 2 N–H and O–H groups in total. The van der Waals surface area contributed by atoms with Crippen molar-refractivity contribution in [3.05, 3.63) is 59.2 Å². The number of benzene rings is 2. The lowest BCUT2D eigenvalue weighted by molar-refractivity contribution is 0.0973. The van der Waals surface area contributed by atoms with E-state index in [4.69, 9.17) is 17.0 Å². The Bertz CT molecular complexity index is 759. The molecule has 5 heteroatoms. The summed E-state index contributed by atoms with van der Waals surface area (Å²) in [4.78, 5) is 12.5. The molecule has 2 aromatic carbocycles. The third-order valence-corrected chi connectivity index (χ3v) is 4.08. The van der Waals surface area contributed by atoms with E-state index in [0.29, 0.717) is 17.9 Å². The van der Waals surface area contributed by atoms with Crippen LogP contribution in [0.25, 0.3) is 0 Å². The number of rotatable bonds is 6. The average molecular weight is 356 g/mol. The Morgan fingerprint density at radius 2 is 1.88 bits per heavy atom. The van der Waals surface area contributed by atoms with Crippen molar-refractivity contribution < 1.29 is 9.53 Å². The summed E-state index contributed by atoms with van der Waals surface area (Å²) in [6.45, 7) is 6.77. The normalized spacial score (nSPS) is 10.2. The van der Waals surface area contributed by atoms with Crippen molar-refractivity contribution >= 4 is 28.9 Å². The predicted octanol–water partition coefficient (Wildman–Crippen LogP) is 4.61. The fourth-order valence-corrected chi connectivity index (χ4v) is 2.47. The summed E-state index contributed by atoms with van der Waals surface area (Å²) in [6.07, 6.45) is 1.99. The number of carbonyl (C=O) groups is 1. The maximum absolute atomic E-state index is 12.5. The van der Waals surface area contributed by atoms with Gasteiger partial charge in [0.2, 0.25) is 0 Å². The van der Waals surface area contributed by atoms with Gasteiger partial charge in [-0.05, 0) is 67.9 Å². The van der Waals surface area contributed by atoms with Gasteiger partial charge in [0, 0.05) is 5.69 Å². The number of para-hydroxylation sites is 1. The molecule has 4 nitrogen and oxygen atoms in total.